The molecule has 5 heteroatoms. The van der Waals surface area contributed by atoms with Gasteiger partial charge in [-0.2, -0.15) is 0 Å². The maximum absolute atomic E-state index is 4.36. The van der Waals surface area contributed by atoms with E-state index in [-0.39, 0.29) is 0 Å². The molecule has 0 saturated heterocycles. The van der Waals surface area contributed by atoms with Gasteiger partial charge in [-0.15, -0.1) is 0 Å². The van der Waals surface area contributed by atoms with Gasteiger partial charge in [0.2, 0.25) is 0 Å². The van der Waals surface area contributed by atoms with E-state index in [1.807, 2.05) is 25.6 Å². The molecule has 0 saturated carbocycles. The Balaban J connectivity index is 2.00. The number of aryl methyl sites for hydroxylation is 1. The molecule has 0 radical (unpaired) electrons. The summed E-state index contributed by atoms with van der Waals surface area (Å²) in [5.74, 6) is 0. The Morgan fingerprint density at radius 3 is 2.83 bits per heavy atom. The van der Waals surface area contributed by atoms with Crippen LogP contribution in [-0.4, -0.2) is 26.1 Å². The smallest absolute Gasteiger partial charge is 0.0952 e. The van der Waals surface area contributed by atoms with Gasteiger partial charge in [0, 0.05) is 18.9 Å². The Morgan fingerprint density at radius 2 is 2.11 bits per heavy atom. The van der Waals surface area contributed by atoms with Crippen LogP contribution in [0.1, 0.15) is 30.4 Å². The number of nitrogens with one attached hydrogen (secondary N) is 1. The summed E-state index contributed by atoms with van der Waals surface area (Å²) in [6, 6.07) is 0. The summed E-state index contributed by atoms with van der Waals surface area (Å²) >= 11 is 0. The van der Waals surface area contributed by atoms with Crippen molar-refractivity contribution in [1.82, 2.24) is 24.8 Å². The van der Waals surface area contributed by atoms with Gasteiger partial charge in [0.25, 0.3) is 0 Å². The highest BCUT2D eigenvalue weighted by atomic mass is 15.1. The second-order valence-electron chi connectivity index (χ2n) is 4.34. The predicted molar refractivity (Wildman–Crippen MR) is 70.1 cm³/mol. The molecule has 0 atom stereocenters. The fourth-order valence-electron chi connectivity index (χ4n) is 1.71. The first kappa shape index (κ1) is 12.7. The topological polar surface area (TPSA) is 55.6 Å². The van der Waals surface area contributed by atoms with Gasteiger partial charge in [0.1, 0.15) is 0 Å². The zero-order valence-corrected chi connectivity index (χ0v) is 10.9. The number of imidazole rings is 1. The monoisotopic (exact) mass is 245 g/mol. The van der Waals surface area contributed by atoms with Crippen molar-refractivity contribution in [3.05, 3.63) is 42.0 Å². The number of aromatic nitrogens is 4. The zero-order chi connectivity index (χ0) is 12.8. The zero-order valence-electron chi connectivity index (χ0n) is 10.9. The van der Waals surface area contributed by atoms with Crippen molar-refractivity contribution in [1.29, 1.82) is 0 Å². The Kier molecular flexibility index (Phi) is 4.41. The highest BCUT2D eigenvalue weighted by molar-refractivity contribution is 5.05. The molecule has 2 aromatic rings. The molecule has 0 fully saturated rings. The van der Waals surface area contributed by atoms with E-state index in [4.69, 9.17) is 0 Å². The van der Waals surface area contributed by atoms with E-state index < -0.39 is 0 Å². The van der Waals surface area contributed by atoms with Crippen molar-refractivity contribution in [3.8, 4) is 0 Å². The van der Waals surface area contributed by atoms with Crippen LogP contribution in [0.15, 0.2) is 24.9 Å². The summed E-state index contributed by atoms with van der Waals surface area (Å²) in [5, 5.41) is 3.38. The average Bonchev–Trinajstić information content (AvgIpc) is 2.80. The van der Waals surface area contributed by atoms with Gasteiger partial charge in [-0.1, -0.05) is 6.92 Å². The van der Waals surface area contributed by atoms with Gasteiger partial charge in [0.15, 0.2) is 0 Å². The Labute approximate surface area is 107 Å². The third-order valence-corrected chi connectivity index (χ3v) is 2.70. The molecule has 0 amide bonds. The minimum Gasteiger partial charge on any atom is -0.327 e. The quantitative estimate of drug-likeness (QED) is 0.784. The minimum absolute atomic E-state index is 0.719. The molecular formula is C13H19N5. The lowest BCUT2D eigenvalue weighted by molar-refractivity contribution is 0.625. The molecular weight excluding hydrogens is 226 g/mol. The van der Waals surface area contributed by atoms with Gasteiger partial charge in [0.05, 0.1) is 36.2 Å². The van der Waals surface area contributed by atoms with E-state index in [0.717, 1.165) is 37.4 Å². The third-order valence-electron chi connectivity index (χ3n) is 2.70. The van der Waals surface area contributed by atoms with Crippen LogP contribution in [0, 0.1) is 6.92 Å². The van der Waals surface area contributed by atoms with Crippen LogP contribution in [0.4, 0.5) is 0 Å². The molecule has 0 bridgehead atoms. The Morgan fingerprint density at radius 1 is 1.22 bits per heavy atom. The van der Waals surface area contributed by atoms with Crippen molar-refractivity contribution in [2.75, 3.05) is 6.54 Å². The largest absolute Gasteiger partial charge is 0.327 e. The molecule has 0 aromatic carbocycles. The van der Waals surface area contributed by atoms with E-state index in [1.165, 1.54) is 5.69 Å². The van der Waals surface area contributed by atoms with Gasteiger partial charge in [-0.25, -0.2) is 4.98 Å². The van der Waals surface area contributed by atoms with E-state index in [2.05, 4.69) is 31.8 Å². The maximum atomic E-state index is 4.36. The molecule has 2 heterocycles. The van der Waals surface area contributed by atoms with Gasteiger partial charge in [-0.05, 0) is 19.9 Å². The van der Waals surface area contributed by atoms with Crippen LogP contribution in [0.2, 0.25) is 0 Å². The highest BCUT2D eigenvalue weighted by Gasteiger charge is 2.03. The lowest BCUT2D eigenvalue weighted by Gasteiger charge is -2.08. The van der Waals surface area contributed by atoms with Gasteiger partial charge in [-0.3, -0.25) is 9.97 Å². The van der Waals surface area contributed by atoms with Crippen LogP contribution in [0.25, 0.3) is 0 Å². The SMILES string of the molecule is CCCNCc1cncn1Cc1cnc(C)cn1. The van der Waals surface area contributed by atoms with E-state index in [1.54, 1.807) is 6.20 Å². The highest BCUT2D eigenvalue weighted by Crippen LogP contribution is 2.03. The molecule has 0 aliphatic heterocycles. The molecule has 0 aliphatic carbocycles. The number of nitrogens with zero attached hydrogens (tertiary/aromatic N) is 4. The summed E-state index contributed by atoms with van der Waals surface area (Å²) in [4.78, 5) is 12.8. The lowest BCUT2D eigenvalue weighted by Crippen LogP contribution is -2.17. The van der Waals surface area contributed by atoms with Crippen molar-refractivity contribution < 1.29 is 0 Å². The third kappa shape index (κ3) is 3.37. The first-order chi connectivity index (χ1) is 8.79. The molecule has 0 aliphatic rings. The molecule has 18 heavy (non-hydrogen) atoms. The van der Waals surface area contributed by atoms with E-state index >= 15 is 0 Å². The summed E-state index contributed by atoms with van der Waals surface area (Å²) in [6.45, 7) is 6.68. The van der Waals surface area contributed by atoms with Crippen LogP contribution in [0.3, 0.4) is 0 Å². The van der Waals surface area contributed by atoms with Crippen molar-refractivity contribution >= 4 is 0 Å². The maximum Gasteiger partial charge on any atom is 0.0952 e. The number of hydrogen-bond donors (Lipinski definition) is 1. The Bertz CT molecular complexity index is 474. The molecule has 2 aromatic heterocycles. The first-order valence-corrected chi connectivity index (χ1v) is 6.27. The van der Waals surface area contributed by atoms with E-state index in [9.17, 15) is 0 Å². The number of rotatable bonds is 6. The minimum atomic E-state index is 0.719. The van der Waals surface area contributed by atoms with Crippen LogP contribution in [-0.2, 0) is 13.1 Å². The summed E-state index contributed by atoms with van der Waals surface area (Å²) in [7, 11) is 0. The normalized spacial score (nSPS) is 10.8. The summed E-state index contributed by atoms with van der Waals surface area (Å²) in [5.41, 5.74) is 3.07. The van der Waals surface area contributed by atoms with Crippen LogP contribution < -0.4 is 5.32 Å². The molecule has 5 nitrogen and oxygen atoms in total. The Hall–Kier alpha value is -1.75. The van der Waals surface area contributed by atoms with Crippen molar-refractivity contribution in [2.45, 2.75) is 33.4 Å². The summed E-state index contributed by atoms with van der Waals surface area (Å²) < 4.78 is 2.10. The predicted octanol–water partition coefficient (Wildman–Crippen LogP) is 1.53. The summed E-state index contributed by atoms with van der Waals surface area (Å²) in [6.07, 6.45) is 8.48. The average molecular weight is 245 g/mol. The standard InChI is InChI=1S/C13H19N5/c1-3-4-14-7-13-8-15-10-18(13)9-12-6-16-11(2)5-17-12/h5-6,8,10,14H,3-4,7,9H2,1-2H3. The molecule has 96 valence electrons. The van der Waals surface area contributed by atoms with Gasteiger partial charge < -0.3 is 9.88 Å². The molecule has 1 N–H and O–H groups in total. The molecule has 0 unspecified atom stereocenters. The molecule has 2 rings (SSSR count). The van der Waals surface area contributed by atoms with E-state index in [0.29, 0.717) is 0 Å². The fourth-order valence-corrected chi connectivity index (χ4v) is 1.71. The van der Waals surface area contributed by atoms with Crippen LogP contribution >= 0.6 is 0 Å². The van der Waals surface area contributed by atoms with Crippen molar-refractivity contribution in [3.63, 3.8) is 0 Å². The van der Waals surface area contributed by atoms with Crippen molar-refractivity contribution in [2.24, 2.45) is 0 Å². The number of hydrogen-bond acceptors (Lipinski definition) is 4. The fraction of sp³-hybridized carbons (Fsp3) is 0.462. The van der Waals surface area contributed by atoms with Gasteiger partial charge >= 0.3 is 0 Å². The molecule has 0 spiro atoms. The first-order valence-electron chi connectivity index (χ1n) is 6.27. The lowest BCUT2D eigenvalue weighted by atomic mass is 10.3. The second-order valence-corrected chi connectivity index (χ2v) is 4.34. The van der Waals surface area contributed by atoms with Crippen LogP contribution in [0.5, 0.6) is 0 Å². The second kappa shape index (κ2) is 6.26.